The summed E-state index contributed by atoms with van der Waals surface area (Å²) in [7, 11) is 0. The van der Waals surface area contributed by atoms with Gasteiger partial charge in [-0.15, -0.1) is 0 Å². The predicted octanol–water partition coefficient (Wildman–Crippen LogP) is -1.75. The Morgan fingerprint density at radius 2 is 1.36 bits per heavy atom. The van der Waals surface area contributed by atoms with Crippen LogP contribution in [0.3, 0.4) is 0 Å². The molecule has 14 N–H and O–H groups in total. The van der Waals surface area contributed by atoms with E-state index in [1.165, 1.54) is 0 Å². The molecule has 15 heteroatoms. The summed E-state index contributed by atoms with van der Waals surface area (Å²) in [6.45, 7) is 4.10. The molecule has 5 unspecified atom stereocenters. The van der Waals surface area contributed by atoms with Crippen LogP contribution >= 0.6 is 0 Å². The summed E-state index contributed by atoms with van der Waals surface area (Å²) in [5, 5.41) is 17.6. The highest BCUT2D eigenvalue weighted by Gasteiger charge is 2.32. The number of aliphatic carboxylic acids is 1. The van der Waals surface area contributed by atoms with E-state index in [0.29, 0.717) is 25.8 Å². The minimum atomic E-state index is -1.21. The zero-order valence-corrected chi connectivity index (χ0v) is 24.3. The summed E-state index contributed by atoms with van der Waals surface area (Å²) in [6, 6.07) is 4.60. The molecule has 234 valence electrons. The van der Waals surface area contributed by atoms with Gasteiger partial charge in [-0.2, -0.15) is 0 Å². The molecular weight excluding hydrogens is 544 g/mol. The van der Waals surface area contributed by atoms with E-state index in [0.717, 1.165) is 5.56 Å². The highest BCUT2D eigenvalue weighted by molar-refractivity contribution is 5.94. The molecule has 0 aliphatic rings. The van der Waals surface area contributed by atoms with Gasteiger partial charge in [0.15, 0.2) is 11.9 Å². The number of nitrogens with one attached hydrogen (secondary N) is 3. The summed E-state index contributed by atoms with van der Waals surface area (Å²) < 4.78 is 0. The van der Waals surface area contributed by atoms with Crippen molar-refractivity contribution in [2.45, 2.75) is 76.5 Å². The molecule has 1 aromatic rings. The zero-order chi connectivity index (χ0) is 31.7. The van der Waals surface area contributed by atoms with E-state index in [1.54, 1.807) is 37.3 Å². The predicted molar refractivity (Wildman–Crippen MR) is 161 cm³/mol. The number of nitrogens with two attached hydrogens (primary N) is 5. The first-order chi connectivity index (χ1) is 19.8. The maximum absolute atomic E-state index is 13.4. The van der Waals surface area contributed by atoms with E-state index in [-0.39, 0.29) is 43.6 Å². The Bertz CT molecular complexity index is 1070. The van der Waals surface area contributed by atoms with Crippen molar-refractivity contribution in [1.29, 1.82) is 0 Å². The number of nitrogens with zero attached hydrogens (tertiary/aromatic N) is 2. The third-order valence-corrected chi connectivity index (χ3v) is 6.57. The standard InChI is InChI=1S/C27H46N10O5/c1-3-16(2)21(24(40)36-20(25(41)42)15-17-9-5-4-6-10-17)37-23(39)19(12-8-14-34-27(31)32)35-22(38)18(28)11-7-13-33-26(29)30/h4-6,9-10,16,18-21H,3,7-8,11-15,28H2,1-2H3,(H,35,38)(H,36,40)(H,37,39)(H,41,42)(H4,29,30,33)(H4,31,32,34). The minimum Gasteiger partial charge on any atom is -0.480 e. The largest absolute Gasteiger partial charge is 0.480 e. The van der Waals surface area contributed by atoms with Gasteiger partial charge in [-0.1, -0.05) is 50.6 Å². The lowest BCUT2D eigenvalue weighted by Gasteiger charge is -2.28. The summed E-state index contributed by atoms with van der Waals surface area (Å²) in [6.07, 6.45) is 1.77. The summed E-state index contributed by atoms with van der Waals surface area (Å²) >= 11 is 0. The summed E-state index contributed by atoms with van der Waals surface area (Å²) in [4.78, 5) is 59.2. The van der Waals surface area contributed by atoms with Crippen molar-refractivity contribution in [3.05, 3.63) is 35.9 Å². The molecule has 0 bridgehead atoms. The quantitative estimate of drug-likeness (QED) is 0.0497. The van der Waals surface area contributed by atoms with Crippen LogP contribution in [0.25, 0.3) is 0 Å². The van der Waals surface area contributed by atoms with Gasteiger partial charge >= 0.3 is 5.97 Å². The molecule has 1 rings (SSSR count). The van der Waals surface area contributed by atoms with Crippen LogP contribution in [0.15, 0.2) is 40.3 Å². The van der Waals surface area contributed by atoms with E-state index in [9.17, 15) is 24.3 Å². The molecule has 0 spiro atoms. The van der Waals surface area contributed by atoms with Gasteiger partial charge in [0, 0.05) is 19.5 Å². The van der Waals surface area contributed by atoms with Crippen molar-refractivity contribution in [3.63, 3.8) is 0 Å². The monoisotopic (exact) mass is 590 g/mol. The second-order valence-corrected chi connectivity index (χ2v) is 10.0. The Morgan fingerprint density at radius 3 is 1.88 bits per heavy atom. The maximum Gasteiger partial charge on any atom is 0.326 e. The number of rotatable bonds is 19. The third kappa shape index (κ3) is 13.8. The molecule has 15 nitrogen and oxygen atoms in total. The fourth-order valence-corrected chi connectivity index (χ4v) is 3.97. The number of carboxylic acids is 1. The van der Waals surface area contributed by atoms with Crippen molar-refractivity contribution in [2.24, 2.45) is 44.6 Å². The van der Waals surface area contributed by atoms with Gasteiger partial charge in [-0.05, 0) is 37.2 Å². The zero-order valence-electron chi connectivity index (χ0n) is 24.3. The van der Waals surface area contributed by atoms with Crippen LogP contribution in [0.4, 0.5) is 0 Å². The summed E-state index contributed by atoms with van der Waals surface area (Å²) in [5.41, 5.74) is 28.1. The molecule has 42 heavy (non-hydrogen) atoms. The number of hydrogen-bond acceptors (Lipinski definition) is 7. The Hall–Kier alpha value is -4.40. The second-order valence-electron chi connectivity index (χ2n) is 10.0. The molecule has 5 atom stereocenters. The first-order valence-corrected chi connectivity index (χ1v) is 13.9. The van der Waals surface area contributed by atoms with Gasteiger partial charge in [0.1, 0.15) is 18.1 Å². The number of carboxylic acid groups (broad SMARTS) is 1. The van der Waals surface area contributed by atoms with Crippen molar-refractivity contribution >= 4 is 35.6 Å². The Labute approximate surface area is 246 Å². The van der Waals surface area contributed by atoms with Crippen LogP contribution in [0.2, 0.25) is 0 Å². The minimum absolute atomic E-state index is 0.0631. The number of amides is 3. The van der Waals surface area contributed by atoms with E-state index >= 15 is 0 Å². The number of carbonyl (C=O) groups is 4. The van der Waals surface area contributed by atoms with Crippen molar-refractivity contribution in [1.82, 2.24) is 16.0 Å². The summed E-state index contributed by atoms with van der Waals surface area (Å²) in [5.74, 6) is -3.59. The number of guanidine groups is 2. The number of aliphatic imine (C=N–C) groups is 2. The lowest BCUT2D eigenvalue weighted by atomic mass is 9.96. The van der Waals surface area contributed by atoms with E-state index in [2.05, 4.69) is 25.9 Å². The molecule has 3 amide bonds. The third-order valence-electron chi connectivity index (χ3n) is 6.57. The molecule has 0 fully saturated rings. The van der Waals surface area contributed by atoms with Gasteiger partial charge in [0.2, 0.25) is 17.7 Å². The average Bonchev–Trinajstić information content (AvgIpc) is 2.94. The highest BCUT2D eigenvalue weighted by Crippen LogP contribution is 2.11. The Kier molecular flexibility index (Phi) is 16.0. The maximum atomic E-state index is 13.4. The molecule has 0 aliphatic carbocycles. The van der Waals surface area contributed by atoms with Crippen molar-refractivity contribution in [3.8, 4) is 0 Å². The number of carbonyl (C=O) groups excluding carboxylic acids is 3. The Balaban J connectivity index is 3.03. The number of hydrogen-bond donors (Lipinski definition) is 9. The van der Waals surface area contributed by atoms with Crippen LogP contribution in [0.1, 0.15) is 51.5 Å². The average molecular weight is 591 g/mol. The molecule has 0 aliphatic heterocycles. The van der Waals surface area contributed by atoms with Crippen molar-refractivity contribution < 1.29 is 24.3 Å². The molecular formula is C27H46N10O5. The highest BCUT2D eigenvalue weighted by atomic mass is 16.4. The lowest BCUT2D eigenvalue weighted by Crippen LogP contribution is -2.58. The molecule has 0 saturated heterocycles. The van der Waals surface area contributed by atoms with Crippen LogP contribution in [-0.2, 0) is 25.6 Å². The normalized spacial score (nSPS) is 14.3. The van der Waals surface area contributed by atoms with Crippen LogP contribution in [-0.4, -0.2) is 78.0 Å². The first kappa shape index (κ1) is 35.6. The Morgan fingerprint density at radius 1 is 0.810 bits per heavy atom. The molecule has 1 aromatic carbocycles. The van der Waals surface area contributed by atoms with Crippen LogP contribution in [0, 0.1) is 5.92 Å². The van der Waals surface area contributed by atoms with Gasteiger partial charge < -0.3 is 49.7 Å². The lowest BCUT2D eigenvalue weighted by molar-refractivity contribution is -0.142. The van der Waals surface area contributed by atoms with Gasteiger partial charge in [0.05, 0.1) is 6.04 Å². The fourth-order valence-electron chi connectivity index (χ4n) is 3.97. The molecule has 0 radical (unpaired) electrons. The van der Waals surface area contributed by atoms with Gasteiger partial charge in [0.25, 0.3) is 0 Å². The van der Waals surface area contributed by atoms with Crippen LogP contribution in [0.5, 0.6) is 0 Å². The fraction of sp³-hybridized carbons (Fsp3) is 0.556. The van der Waals surface area contributed by atoms with Crippen molar-refractivity contribution in [2.75, 3.05) is 13.1 Å². The number of benzene rings is 1. The smallest absolute Gasteiger partial charge is 0.326 e. The SMILES string of the molecule is CCC(C)C(NC(=O)C(CCCN=C(N)N)NC(=O)C(N)CCCN=C(N)N)C(=O)NC(Cc1ccccc1)C(=O)O. The second kappa shape index (κ2) is 18.9. The molecule has 0 heterocycles. The van der Waals surface area contributed by atoms with E-state index < -0.39 is 47.9 Å². The van der Waals surface area contributed by atoms with Gasteiger partial charge in [-0.3, -0.25) is 24.4 Å². The molecule has 0 aromatic heterocycles. The first-order valence-electron chi connectivity index (χ1n) is 13.9. The van der Waals surface area contributed by atoms with Crippen LogP contribution < -0.4 is 44.6 Å². The van der Waals surface area contributed by atoms with E-state index in [4.69, 9.17) is 28.7 Å². The topological polar surface area (TPSA) is 279 Å². The van der Waals surface area contributed by atoms with Gasteiger partial charge in [-0.25, -0.2) is 4.79 Å². The molecule has 0 saturated carbocycles. The van der Waals surface area contributed by atoms with E-state index in [1.807, 2.05) is 6.92 Å².